The highest BCUT2D eigenvalue weighted by Gasteiger charge is 2.20. The van der Waals surface area contributed by atoms with Gasteiger partial charge in [0.1, 0.15) is 0 Å². The smallest absolute Gasteiger partial charge is 0.191 e. The van der Waals surface area contributed by atoms with Crippen LogP contribution in [0.2, 0.25) is 0 Å². The second kappa shape index (κ2) is 12.4. The van der Waals surface area contributed by atoms with Gasteiger partial charge in [-0.1, -0.05) is 20.8 Å². The number of rotatable bonds is 7. The lowest BCUT2D eigenvalue weighted by Gasteiger charge is -2.34. The Labute approximate surface area is 154 Å². The number of unbranched alkanes of at least 4 members (excludes halogenated alkanes) is 1. The maximum absolute atomic E-state index is 4.27. The molecule has 0 amide bonds. The van der Waals surface area contributed by atoms with Crippen LogP contribution in [-0.4, -0.2) is 50.1 Å². The standard InChI is InChI=1S/C17H36N4.HI/c1-6-16(4)20-17(18-5)19-9-7-8-10-21-12-14(2)11-15(3)13-21;/h14-16H,6-13H2,1-5H3,(H2,18,19,20);1H. The summed E-state index contributed by atoms with van der Waals surface area (Å²) in [5.41, 5.74) is 0. The van der Waals surface area contributed by atoms with Crippen molar-refractivity contribution in [1.29, 1.82) is 0 Å². The maximum Gasteiger partial charge on any atom is 0.191 e. The summed E-state index contributed by atoms with van der Waals surface area (Å²) in [5, 5.41) is 6.81. The van der Waals surface area contributed by atoms with Gasteiger partial charge in [-0.2, -0.15) is 0 Å². The molecule has 0 aliphatic carbocycles. The number of halogens is 1. The molecule has 0 bridgehead atoms. The molecule has 1 aliphatic rings. The minimum Gasteiger partial charge on any atom is -0.356 e. The van der Waals surface area contributed by atoms with Crippen LogP contribution in [0.25, 0.3) is 0 Å². The van der Waals surface area contributed by atoms with Gasteiger partial charge in [-0.05, 0) is 51.0 Å². The van der Waals surface area contributed by atoms with Crippen molar-refractivity contribution in [2.24, 2.45) is 16.8 Å². The van der Waals surface area contributed by atoms with Crippen LogP contribution in [-0.2, 0) is 0 Å². The van der Waals surface area contributed by atoms with E-state index in [1.807, 2.05) is 7.05 Å². The van der Waals surface area contributed by atoms with Crippen LogP contribution in [0.4, 0.5) is 0 Å². The van der Waals surface area contributed by atoms with Gasteiger partial charge in [0.2, 0.25) is 0 Å². The van der Waals surface area contributed by atoms with Crippen molar-refractivity contribution in [1.82, 2.24) is 15.5 Å². The predicted molar refractivity (Wildman–Crippen MR) is 108 cm³/mol. The number of guanidine groups is 1. The summed E-state index contributed by atoms with van der Waals surface area (Å²) < 4.78 is 0. The van der Waals surface area contributed by atoms with Gasteiger partial charge in [0.15, 0.2) is 5.96 Å². The van der Waals surface area contributed by atoms with Crippen LogP contribution in [0, 0.1) is 11.8 Å². The van der Waals surface area contributed by atoms with Gasteiger partial charge >= 0.3 is 0 Å². The van der Waals surface area contributed by atoms with Crippen molar-refractivity contribution in [2.75, 3.05) is 33.2 Å². The van der Waals surface area contributed by atoms with Crippen LogP contribution in [0.5, 0.6) is 0 Å². The molecular formula is C17H37IN4. The SMILES string of the molecule is CCC(C)NC(=NC)NCCCCN1CC(C)CC(C)C1.I. The van der Waals surface area contributed by atoms with Gasteiger partial charge in [0, 0.05) is 32.7 Å². The van der Waals surface area contributed by atoms with Crippen molar-refractivity contribution < 1.29 is 0 Å². The van der Waals surface area contributed by atoms with Gasteiger partial charge in [-0.3, -0.25) is 4.99 Å². The molecule has 1 aliphatic heterocycles. The van der Waals surface area contributed by atoms with E-state index in [4.69, 9.17) is 0 Å². The molecule has 1 fully saturated rings. The van der Waals surface area contributed by atoms with E-state index in [0.717, 1.165) is 30.8 Å². The van der Waals surface area contributed by atoms with E-state index in [0.29, 0.717) is 6.04 Å². The van der Waals surface area contributed by atoms with E-state index in [9.17, 15) is 0 Å². The number of piperidine rings is 1. The van der Waals surface area contributed by atoms with E-state index in [1.54, 1.807) is 0 Å². The first-order valence-electron chi connectivity index (χ1n) is 8.74. The third kappa shape index (κ3) is 9.18. The van der Waals surface area contributed by atoms with E-state index >= 15 is 0 Å². The minimum absolute atomic E-state index is 0. The normalized spacial score (nSPS) is 24.5. The third-order valence-electron chi connectivity index (χ3n) is 4.36. The average Bonchev–Trinajstić information content (AvgIpc) is 2.44. The van der Waals surface area contributed by atoms with Crippen LogP contribution in [0.1, 0.15) is 53.4 Å². The highest BCUT2D eigenvalue weighted by Crippen LogP contribution is 2.20. The molecule has 1 rings (SSSR count). The summed E-state index contributed by atoms with van der Waals surface area (Å²) >= 11 is 0. The van der Waals surface area contributed by atoms with Crippen molar-refractivity contribution in [3.63, 3.8) is 0 Å². The quantitative estimate of drug-likeness (QED) is 0.285. The molecule has 3 atom stereocenters. The molecule has 22 heavy (non-hydrogen) atoms. The lowest BCUT2D eigenvalue weighted by molar-refractivity contribution is 0.139. The van der Waals surface area contributed by atoms with Crippen molar-refractivity contribution in [2.45, 2.75) is 59.4 Å². The Bertz CT molecular complexity index is 299. The van der Waals surface area contributed by atoms with Crippen LogP contribution < -0.4 is 10.6 Å². The van der Waals surface area contributed by atoms with Crippen LogP contribution in [0.15, 0.2) is 4.99 Å². The fraction of sp³-hybridized carbons (Fsp3) is 0.941. The number of nitrogens with zero attached hydrogens (tertiary/aromatic N) is 2. The number of hydrogen-bond acceptors (Lipinski definition) is 2. The number of likely N-dealkylation sites (tertiary alicyclic amines) is 1. The first-order chi connectivity index (χ1) is 10.0. The first-order valence-corrected chi connectivity index (χ1v) is 8.74. The maximum atomic E-state index is 4.27. The fourth-order valence-electron chi connectivity index (χ4n) is 3.17. The zero-order chi connectivity index (χ0) is 15.7. The first kappa shape index (κ1) is 22.0. The summed E-state index contributed by atoms with van der Waals surface area (Å²) in [6.45, 7) is 14.0. The fourth-order valence-corrected chi connectivity index (χ4v) is 3.17. The summed E-state index contributed by atoms with van der Waals surface area (Å²) in [6.07, 6.45) is 4.99. The molecular weight excluding hydrogens is 387 g/mol. The summed E-state index contributed by atoms with van der Waals surface area (Å²) in [4.78, 5) is 6.91. The van der Waals surface area contributed by atoms with Gasteiger partial charge in [-0.25, -0.2) is 0 Å². The Morgan fingerprint density at radius 2 is 1.86 bits per heavy atom. The minimum atomic E-state index is 0. The second-order valence-electron chi connectivity index (χ2n) is 6.87. The molecule has 0 aromatic heterocycles. The zero-order valence-electron chi connectivity index (χ0n) is 15.2. The lowest BCUT2D eigenvalue weighted by Crippen LogP contribution is -2.42. The number of aliphatic imine (C=N–C) groups is 1. The Morgan fingerprint density at radius 1 is 1.23 bits per heavy atom. The van der Waals surface area contributed by atoms with Crippen molar-refractivity contribution >= 4 is 29.9 Å². The molecule has 1 saturated heterocycles. The molecule has 0 aromatic carbocycles. The molecule has 3 unspecified atom stereocenters. The number of nitrogens with one attached hydrogen (secondary N) is 2. The Hall–Kier alpha value is -0.0400. The Morgan fingerprint density at radius 3 is 2.41 bits per heavy atom. The van der Waals surface area contributed by atoms with Gasteiger partial charge < -0.3 is 15.5 Å². The largest absolute Gasteiger partial charge is 0.356 e. The Balaban J connectivity index is 0.00000441. The van der Waals surface area contributed by atoms with Gasteiger partial charge in [-0.15, -0.1) is 24.0 Å². The van der Waals surface area contributed by atoms with E-state index in [1.165, 1.54) is 38.9 Å². The highest BCUT2D eigenvalue weighted by molar-refractivity contribution is 14.0. The zero-order valence-corrected chi connectivity index (χ0v) is 17.5. The third-order valence-corrected chi connectivity index (χ3v) is 4.36. The molecule has 1 heterocycles. The molecule has 2 N–H and O–H groups in total. The monoisotopic (exact) mass is 424 g/mol. The molecule has 132 valence electrons. The Kier molecular flexibility index (Phi) is 12.4. The van der Waals surface area contributed by atoms with E-state index in [-0.39, 0.29) is 24.0 Å². The van der Waals surface area contributed by atoms with E-state index < -0.39 is 0 Å². The summed E-state index contributed by atoms with van der Waals surface area (Å²) in [5.74, 6) is 2.67. The van der Waals surface area contributed by atoms with Crippen LogP contribution >= 0.6 is 24.0 Å². The highest BCUT2D eigenvalue weighted by atomic mass is 127. The topological polar surface area (TPSA) is 39.7 Å². The molecule has 5 heteroatoms. The van der Waals surface area contributed by atoms with Gasteiger partial charge in [0.05, 0.1) is 0 Å². The molecule has 0 saturated carbocycles. The predicted octanol–water partition coefficient (Wildman–Crippen LogP) is 3.33. The molecule has 0 radical (unpaired) electrons. The van der Waals surface area contributed by atoms with Crippen LogP contribution in [0.3, 0.4) is 0 Å². The van der Waals surface area contributed by atoms with E-state index in [2.05, 4.69) is 48.2 Å². The van der Waals surface area contributed by atoms with Crippen molar-refractivity contribution in [3.8, 4) is 0 Å². The van der Waals surface area contributed by atoms with Gasteiger partial charge in [0.25, 0.3) is 0 Å². The second-order valence-corrected chi connectivity index (χ2v) is 6.87. The molecule has 0 spiro atoms. The number of hydrogen-bond donors (Lipinski definition) is 2. The lowest BCUT2D eigenvalue weighted by atomic mass is 9.92. The molecule has 0 aromatic rings. The molecule has 4 nitrogen and oxygen atoms in total. The average molecular weight is 424 g/mol. The summed E-state index contributed by atoms with van der Waals surface area (Å²) in [6, 6.07) is 0.479. The van der Waals surface area contributed by atoms with Crippen molar-refractivity contribution in [3.05, 3.63) is 0 Å². The summed E-state index contributed by atoms with van der Waals surface area (Å²) in [7, 11) is 1.84.